The van der Waals surface area contributed by atoms with Crippen molar-refractivity contribution in [3.05, 3.63) is 119 Å². The first-order chi connectivity index (χ1) is 22.4. The lowest BCUT2D eigenvalue weighted by molar-refractivity contribution is 0.0557. The fraction of sp³-hybridized carbons (Fsp3) is 0.314. The lowest BCUT2D eigenvalue weighted by Gasteiger charge is -2.36. The smallest absolute Gasteiger partial charge is 0.252 e. The highest BCUT2D eigenvalue weighted by molar-refractivity contribution is 7.92. The van der Waals surface area contributed by atoms with Crippen molar-refractivity contribution in [2.24, 2.45) is 0 Å². The second-order valence-corrected chi connectivity index (χ2v) is 13.4. The zero-order valence-electron chi connectivity index (χ0n) is 27.0. The van der Waals surface area contributed by atoms with E-state index < -0.39 is 33.5 Å². The molecule has 12 heteroatoms. The monoisotopic (exact) mass is 662 g/mol. The molecule has 0 fully saturated rings. The normalized spacial score (nSPS) is 13.3. The number of carbonyl (C=O) groups excluding carboxylic acids is 2. The number of ether oxygens (including phenoxy) is 1. The summed E-state index contributed by atoms with van der Waals surface area (Å²) in [5.74, 6) is 0.475. The first kappa shape index (κ1) is 35.2. The van der Waals surface area contributed by atoms with Gasteiger partial charge in [0, 0.05) is 44.2 Å². The third-order valence-electron chi connectivity index (χ3n) is 8.04. The van der Waals surface area contributed by atoms with E-state index in [1.165, 1.54) is 25.2 Å². The summed E-state index contributed by atoms with van der Waals surface area (Å²) in [6.07, 6.45) is 2.75. The summed E-state index contributed by atoms with van der Waals surface area (Å²) in [5.41, 5.74) is 0.704. The van der Waals surface area contributed by atoms with Gasteiger partial charge in [-0.25, -0.2) is 8.42 Å². The molecule has 0 bridgehead atoms. The van der Waals surface area contributed by atoms with Crippen LogP contribution < -0.4 is 25.0 Å². The Morgan fingerprint density at radius 1 is 0.936 bits per heavy atom. The molecular weight excluding hydrogens is 620 g/mol. The maximum atomic E-state index is 13.9. The number of nitrogens with zero attached hydrogens (tertiary/aromatic N) is 1. The third-order valence-corrected chi connectivity index (χ3v) is 9.25. The number of hydrogen-bond acceptors (Lipinski definition) is 8. The number of rotatable bonds is 16. The van der Waals surface area contributed by atoms with Gasteiger partial charge in [-0.15, -0.1) is 0 Å². The number of carbonyl (C=O) groups is 2. The zero-order chi connectivity index (χ0) is 34.0. The Hall–Kier alpha value is -4.65. The van der Waals surface area contributed by atoms with Crippen LogP contribution in [0.3, 0.4) is 0 Å². The van der Waals surface area contributed by atoms with Crippen LogP contribution in [0.5, 0.6) is 5.75 Å². The van der Waals surface area contributed by atoms with Crippen LogP contribution in [0.15, 0.2) is 95.6 Å². The van der Waals surface area contributed by atoms with Gasteiger partial charge in [0.25, 0.3) is 11.8 Å². The standard InChI is InChI=1S/C35H42N4O7S/c1-35(28-9-6-5-7-10-28,32(40)24-36-18-17-31-11-8-20-46-31)38-34(42)27-21-26(22-29(23-27)39(2)47(4,43)44)33(41)37-19-16-25-12-14-30(45-3)15-13-25/h5-15,20-23,32,36,40H,16-19,24H2,1-4H3,(H,37,41)(H,38,42)/t32-,35+/m1/s1. The molecule has 0 saturated heterocycles. The number of aliphatic hydroxyl groups excluding tert-OH is 1. The summed E-state index contributed by atoms with van der Waals surface area (Å²) in [7, 11) is -0.775. The van der Waals surface area contributed by atoms with E-state index in [1.54, 1.807) is 20.3 Å². The number of aliphatic hydroxyl groups is 1. The maximum Gasteiger partial charge on any atom is 0.252 e. The topological polar surface area (TPSA) is 150 Å². The maximum absolute atomic E-state index is 13.9. The average Bonchev–Trinajstić information content (AvgIpc) is 3.60. The van der Waals surface area contributed by atoms with Crippen LogP contribution in [0.25, 0.3) is 0 Å². The average molecular weight is 663 g/mol. The lowest BCUT2D eigenvalue weighted by Crippen LogP contribution is -2.55. The molecule has 1 aromatic heterocycles. The Balaban J connectivity index is 1.55. The summed E-state index contributed by atoms with van der Waals surface area (Å²) < 4.78 is 36.4. The van der Waals surface area contributed by atoms with E-state index in [9.17, 15) is 23.1 Å². The molecule has 0 saturated carbocycles. The molecule has 47 heavy (non-hydrogen) atoms. The molecule has 4 rings (SSSR count). The molecule has 0 aliphatic rings. The van der Waals surface area contributed by atoms with Gasteiger partial charge in [-0.2, -0.15) is 0 Å². The number of benzene rings is 3. The van der Waals surface area contributed by atoms with E-state index in [2.05, 4.69) is 16.0 Å². The molecule has 1 heterocycles. The van der Waals surface area contributed by atoms with E-state index >= 15 is 0 Å². The number of amides is 2. The van der Waals surface area contributed by atoms with Crippen LogP contribution in [0.1, 0.15) is 44.5 Å². The predicted octanol–water partition coefficient (Wildman–Crippen LogP) is 3.49. The number of sulfonamides is 1. The molecule has 0 spiro atoms. The quantitative estimate of drug-likeness (QED) is 0.133. The Morgan fingerprint density at radius 2 is 1.62 bits per heavy atom. The molecule has 0 unspecified atom stereocenters. The van der Waals surface area contributed by atoms with Gasteiger partial charge in [0.1, 0.15) is 11.5 Å². The summed E-state index contributed by atoms with van der Waals surface area (Å²) in [6, 6.07) is 24.5. The summed E-state index contributed by atoms with van der Waals surface area (Å²) in [5, 5.41) is 20.5. The van der Waals surface area contributed by atoms with Crippen LogP contribution in [0, 0.1) is 0 Å². The minimum atomic E-state index is -3.72. The van der Waals surface area contributed by atoms with Crippen molar-refractivity contribution >= 4 is 27.5 Å². The first-order valence-corrected chi connectivity index (χ1v) is 17.0. The highest BCUT2D eigenvalue weighted by Crippen LogP contribution is 2.27. The van der Waals surface area contributed by atoms with Crippen molar-refractivity contribution in [2.45, 2.75) is 31.4 Å². The second-order valence-electron chi connectivity index (χ2n) is 11.4. The van der Waals surface area contributed by atoms with E-state index in [1.807, 2.05) is 66.7 Å². The Labute approximate surface area is 276 Å². The number of anilines is 1. The van der Waals surface area contributed by atoms with E-state index in [4.69, 9.17) is 9.15 Å². The van der Waals surface area contributed by atoms with E-state index in [0.29, 0.717) is 31.5 Å². The van der Waals surface area contributed by atoms with Crippen LogP contribution in [0.2, 0.25) is 0 Å². The van der Waals surface area contributed by atoms with Gasteiger partial charge in [-0.1, -0.05) is 42.5 Å². The van der Waals surface area contributed by atoms with Gasteiger partial charge in [0.15, 0.2) is 0 Å². The van der Waals surface area contributed by atoms with E-state index in [-0.39, 0.29) is 23.4 Å². The van der Waals surface area contributed by atoms with Crippen LogP contribution in [-0.4, -0.2) is 71.5 Å². The zero-order valence-corrected chi connectivity index (χ0v) is 27.8. The lowest BCUT2D eigenvalue weighted by atomic mass is 9.85. The molecule has 4 N–H and O–H groups in total. The highest BCUT2D eigenvalue weighted by Gasteiger charge is 2.37. The Bertz CT molecular complexity index is 1730. The Kier molecular flexibility index (Phi) is 11.8. The number of methoxy groups -OCH3 is 1. The molecule has 3 aromatic carbocycles. The molecule has 0 radical (unpaired) electrons. The molecule has 11 nitrogen and oxygen atoms in total. The summed E-state index contributed by atoms with van der Waals surface area (Å²) >= 11 is 0. The largest absolute Gasteiger partial charge is 0.497 e. The fourth-order valence-electron chi connectivity index (χ4n) is 5.01. The molecular formula is C35H42N4O7S. The van der Waals surface area contributed by atoms with Gasteiger partial charge in [-0.3, -0.25) is 13.9 Å². The summed E-state index contributed by atoms with van der Waals surface area (Å²) in [6.45, 7) is 2.73. The summed E-state index contributed by atoms with van der Waals surface area (Å²) in [4.78, 5) is 27.2. The van der Waals surface area contributed by atoms with Gasteiger partial charge >= 0.3 is 0 Å². The fourth-order valence-corrected chi connectivity index (χ4v) is 5.50. The molecule has 0 aliphatic carbocycles. The van der Waals surface area contributed by atoms with Crippen LogP contribution in [0.4, 0.5) is 5.69 Å². The molecule has 2 atom stereocenters. The Morgan fingerprint density at radius 3 is 2.23 bits per heavy atom. The number of hydrogen-bond donors (Lipinski definition) is 4. The van der Waals surface area contributed by atoms with Crippen molar-refractivity contribution in [2.75, 3.05) is 44.4 Å². The SMILES string of the molecule is COc1ccc(CCNC(=O)c2cc(C(=O)N[C@@](C)(c3ccccc3)[C@H](O)CNCCc3ccco3)cc(N(C)S(C)(=O)=O)c2)cc1. The van der Waals surface area contributed by atoms with Gasteiger partial charge in [-0.05, 0) is 66.9 Å². The highest BCUT2D eigenvalue weighted by atomic mass is 32.2. The van der Waals surface area contributed by atoms with E-state index in [0.717, 1.165) is 27.6 Å². The van der Waals surface area contributed by atoms with Crippen molar-refractivity contribution in [3.63, 3.8) is 0 Å². The second kappa shape index (κ2) is 15.8. The van der Waals surface area contributed by atoms with Gasteiger partial charge in [0.2, 0.25) is 10.0 Å². The predicted molar refractivity (Wildman–Crippen MR) is 181 cm³/mol. The minimum absolute atomic E-state index is 0.0541. The minimum Gasteiger partial charge on any atom is -0.497 e. The molecule has 0 aliphatic heterocycles. The van der Waals surface area contributed by atoms with Crippen molar-refractivity contribution < 1.29 is 32.3 Å². The molecule has 4 aromatic rings. The van der Waals surface area contributed by atoms with Crippen molar-refractivity contribution in [1.82, 2.24) is 16.0 Å². The van der Waals surface area contributed by atoms with Gasteiger partial charge in [0.05, 0.1) is 37.0 Å². The first-order valence-electron chi connectivity index (χ1n) is 15.2. The number of furan rings is 1. The van der Waals surface area contributed by atoms with Crippen LogP contribution >= 0.6 is 0 Å². The molecule has 250 valence electrons. The van der Waals surface area contributed by atoms with Crippen molar-refractivity contribution in [1.29, 1.82) is 0 Å². The van der Waals surface area contributed by atoms with Gasteiger partial charge < -0.3 is 30.2 Å². The van der Waals surface area contributed by atoms with Crippen LogP contribution in [-0.2, 0) is 28.4 Å². The third kappa shape index (κ3) is 9.44. The van der Waals surface area contributed by atoms with Crippen molar-refractivity contribution in [3.8, 4) is 5.75 Å². The number of nitrogens with one attached hydrogen (secondary N) is 3. The molecule has 2 amide bonds.